The highest BCUT2D eigenvalue weighted by molar-refractivity contribution is 6.41. The van der Waals surface area contributed by atoms with Gasteiger partial charge in [0.15, 0.2) is 0 Å². The second-order valence-electron chi connectivity index (χ2n) is 29.8. The Bertz CT molecular complexity index is 3300. The minimum atomic E-state index is -4.84. The number of aliphatic imine (C=N–C) groups is 1. The van der Waals surface area contributed by atoms with E-state index in [2.05, 4.69) is 15.6 Å². The van der Waals surface area contributed by atoms with Crippen molar-refractivity contribution in [3.05, 3.63) is 34.3 Å². The van der Waals surface area contributed by atoms with Crippen molar-refractivity contribution >= 4 is 88.2 Å². The first-order valence-electron chi connectivity index (χ1n) is 36.3. The summed E-state index contributed by atoms with van der Waals surface area (Å²) in [6, 6.07) is -6.40. The monoisotopic (exact) mass is 1480 g/mol. The normalized spacial score (nSPS) is 26.3. The highest BCUT2D eigenvalue weighted by atomic mass is 35.5. The summed E-state index contributed by atoms with van der Waals surface area (Å²) in [6.07, 6.45) is 0.633. The Morgan fingerprint density at radius 2 is 1.31 bits per heavy atom. The molecule has 574 valence electrons. The molecule has 2 saturated heterocycles. The number of fused-ring (bicyclic) bond motifs is 1. The van der Waals surface area contributed by atoms with Crippen LogP contribution in [0.1, 0.15) is 167 Å². The molecule has 0 radical (unpaired) electrons. The van der Waals surface area contributed by atoms with E-state index in [4.69, 9.17) is 16.3 Å². The quantitative estimate of drug-likeness (QED) is 0.241. The molecule has 0 bridgehead atoms. The lowest BCUT2D eigenvalue weighted by Crippen LogP contribution is -2.65. The molecule has 31 heteroatoms. The molecule has 103 heavy (non-hydrogen) atoms. The predicted octanol–water partition coefficient (Wildman–Crippen LogP) is 6.00. The van der Waals surface area contributed by atoms with E-state index >= 15 is 37.5 Å². The Hall–Kier alpha value is -7.37. The molecule has 0 aromatic heterocycles. The van der Waals surface area contributed by atoms with E-state index in [1.807, 2.05) is 13.8 Å². The van der Waals surface area contributed by atoms with Gasteiger partial charge in [0.1, 0.15) is 47.5 Å². The lowest BCUT2D eigenvalue weighted by Gasteiger charge is -2.43. The molecule has 3 saturated carbocycles. The van der Waals surface area contributed by atoms with E-state index in [1.165, 1.54) is 64.0 Å². The van der Waals surface area contributed by atoms with Gasteiger partial charge in [-0.05, 0) is 93.2 Å². The van der Waals surface area contributed by atoms with Gasteiger partial charge in [0.2, 0.25) is 59.1 Å². The molecule has 7 atom stereocenters. The molecule has 2 N–H and O–H groups in total. The average molecular weight is 1480 g/mol. The standard InChI is InChI=1S/C72H106ClF5N12O13/c1-12-45(4)60-67(100)84(7)41-58(93)82(5)42-59(94)86(9)53(37-46-21-15-13-16-22-46)65(98)83(6)40-56(91)79-51(28-26-47-25-27-49(50(73)36-47)72(76,77)78)64(97)90-43-71(74,75)39-55(90)63(96)81-70(29-19-20-30-70)69(102)88(11)61(48-23-17-14-18-24-48)68(101)87(10)54(66(99)89-31-33-103-34-32-89)38-57(92)85(8)52(35-44(2)3)62(95)80-60/h25,27,36,44-46,48,51-55,61H,12-24,26,28-35,37-43H2,1-11H3,(H,79,91)(H,81,96)/t45-,51-,52-,53-,54-,55-,61-/m0/s1. The van der Waals surface area contributed by atoms with Gasteiger partial charge in [-0.2, -0.15) is 13.2 Å². The van der Waals surface area contributed by atoms with Crippen molar-refractivity contribution < 1.29 is 84.2 Å². The van der Waals surface area contributed by atoms with Crippen molar-refractivity contribution in [2.75, 3.05) is 102 Å². The van der Waals surface area contributed by atoms with Gasteiger partial charge < -0.3 is 59.5 Å². The molecule has 0 unspecified atom stereocenters. The van der Waals surface area contributed by atoms with Gasteiger partial charge in [0.05, 0.1) is 56.4 Å². The second-order valence-corrected chi connectivity index (χ2v) is 30.2. The zero-order valence-corrected chi connectivity index (χ0v) is 62.3. The van der Waals surface area contributed by atoms with Crippen LogP contribution in [0.3, 0.4) is 0 Å². The number of carbonyl (C=O) groups is 12. The van der Waals surface area contributed by atoms with Crippen LogP contribution in [-0.2, 0) is 74.9 Å². The molecule has 5 fully saturated rings. The molecular formula is C72H106ClF5N12O13. The zero-order valence-electron chi connectivity index (χ0n) is 61.6. The van der Waals surface area contributed by atoms with Crippen molar-refractivity contribution in [2.24, 2.45) is 28.7 Å². The van der Waals surface area contributed by atoms with Gasteiger partial charge >= 0.3 is 6.18 Å². The van der Waals surface area contributed by atoms with Crippen molar-refractivity contribution in [2.45, 2.75) is 216 Å². The summed E-state index contributed by atoms with van der Waals surface area (Å²) >= 11 is 6.11. The van der Waals surface area contributed by atoms with Gasteiger partial charge in [-0.25, -0.2) is 13.8 Å². The average Bonchev–Trinajstić information content (AvgIpc) is 1.71. The number of amides is 12. The summed E-state index contributed by atoms with van der Waals surface area (Å²) < 4.78 is 79.6. The predicted molar refractivity (Wildman–Crippen MR) is 371 cm³/mol. The first kappa shape index (κ1) is 82.9. The van der Waals surface area contributed by atoms with E-state index in [1.54, 1.807) is 13.8 Å². The maximum atomic E-state index is 16.2. The Labute approximate surface area is 605 Å². The van der Waals surface area contributed by atoms with Crippen LogP contribution < -0.4 is 10.6 Å². The number of rotatable bonds is 11. The number of aryl methyl sites for hydroxylation is 1. The highest BCUT2D eigenvalue weighted by Gasteiger charge is 2.55. The molecule has 3 heterocycles. The van der Waals surface area contributed by atoms with Crippen molar-refractivity contribution in [1.29, 1.82) is 0 Å². The maximum Gasteiger partial charge on any atom is 0.417 e. The number of hydrogen-bond acceptors (Lipinski definition) is 13. The van der Waals surface area contributed by atoms with Gasteiger partial charge in [0.25, 0.3) is 17.7 Å². The molecule has 7 rings (SSSR count). The molecule has 1 aromatic rings. The maximum absolute atomic E-state index is 16.2. The number of nitrogens with one attached hydrogen (secondary N) is 2. The molecule has 3 aliphatic heterocycles. The third-order valence-corrected chi connectivity index (χ3v) is 22.0. The van der Waals surface area contributed by atoms with Gasteiger partial charge in [-0.3, -0.25) is 57.5 Å². The van der Waals surface area contributed by atoms with E-state index in [-0.39, 0.29) is 81.5 Å². The number of ether oxygens (including phenoxy) is 1. The lowest BCUT2D eigenvalue weighted by molar-refractivity contribution is -0.157. The topological polar surface area (TPSA) is 280 Å². The molecule has 25 nitrogen and oxygen atoms in total. The lowest BCUT2D eigenvalue weighted by atomic mass is 9.81. The third kappa shape index (κ3) is 21.0. The van der Waals surface area contributed by atoms with Crippen molar-refractivity contribution in [1.82, 2.24) is 54.7 Å². The Morgan fingerprint density at radius 3 is 1.90 bits per heavy atom. The van der Waals surface area contributed by atoms with Crippen molar-refractivity contribution in [3.8, 4) is 0 Å². The number of halogens is 6. The Morgan fingerprint density at radius 1 is 0.709 bits per heavy atom. The molecule has 3 aliphatic carbocycles. The number of carbonyl (C=O) groups excluding carboxylic acids is 12. The Balaban J connectivity index is 1.32. The number of likely N-dealkylation sites (N-methyl/N-ethyl adjacent to an activating group) is 7. The fourth-order valence-electron chi connectivity index (χ4n) is 15.3. The van der Waals surface area contributed by atoms with Crippen LogP contribution in [0.5, 0.6) is 0 Å². The first-order chi connectivity index (χ1) is 48.4. The van der Waals surface area contributed by atoms with Crippen LogP contribution in [0, 0.1) is 23.7 Å². The van der Waals surface area contributed by atoms with Crippen LogP contribution in [0.4, 0.5) is 22.0 Å². The number of alkyl halides is 5. The summed E-state index contributed by atoms with van der Waals surface area (Å²) in [5, 5.41) is 4.63. The van der Waals surface area contributed by atoms with E-state index in [0.717, 1.165) is 68.4 Å². The first-order valence-corrected chi connectivity index (χ1v) is 36.7. The van der Waals surface area contributed by atoms with E-state index in [0.29, 0.717) is 62.7 Å². The third-order valence-electron chi connectivity index (χ3n) is 21.7. The molecule has 6 aliphatic rings. The summed E-state index contributed by atoms with van der Waals surface area (Å²) in [6.45, 7) is 4.18. The fraction of sp³-hybridized carbons (Fsp3) is 0.736. The second kappa shape index (κ2) is 36.1. The van der Waals surface area contributed by atoms with Gasteiger partial charge in [0, 0.05) is 74.8 Å². The number of hydrogen-bond donors (Lipinski definition) is 2. The van der Waals surface area contributed by atoms with Gasteiger partial charge in [-0.1, -0.05) is 110 Å². The minimum Gasteiger partial charge on any atom is -0.378 e. The van der Waals surface area contributed by atoms with E-state index in [9.17, 15) is 41.9 Å². The molecular weight excluding hydrogens is 1370 g/mol. The number of benzene rings is 1. The number of nitrogens with zero attached hydrogens (tertiary/aromatic N) is 10. The zero-order chi connectivity index (χ0) is 76.2. The summed E-state index contributed by atoms with van der Waals surface area (Å²) in [5.74, 6) is -15.4. The van der Waals surface area contributed by atoms with Crippen LogP contribution in [0.15, 0.2) is 23.2 Å². The summed E-state index contributed by atoms with van der Waals surface area (Å²) in [4.78, 5) is 193. The van der Waals surface area contributed by atoms with Crippen LogP contribution in [0.25, 0.3) is 0 Å². The van der Waals surface area contributed by atoms with Crippen LogP contribution in [0.2, 0.25) is 5.02 Å². The van der Waals surface area contributed by atoms with E-state index < -0.39 is 193 Å². The fourth-order valence-corrected chi connectivity index (χ4v) is 15.6. The largest absolute Gasteiger partial charge is 0.417 e. The minimum absolute atomic E-state index is 0.0292. The molecule has 1 spiro atoms. The highest BCUT2D eigenvalue weighted by Crippen LogP contribution is 2.40. The molecule has 1 aromatic carbocycles. The van der Waals surface area contributed by atoms with Crippen LogP contribution in [-0.4, -0.2) is 270 Å². The Kier molecular flexibility index (Phi) is 29.0. The summed E-state index contributed by atoms with van der Waals surface area (Å²) in [5.41, 5.74) is -3.09. The smallest absolute Gasteiger partial charge is 0.378 e. The number of morpholine rings is 1. The molecule has 12 amide bonds. The SMILES string of the molecule is CC[C@H](C)C1=NC(=O)[C@H](CC(C)C)N(C)C(=O)C[C@@H](C(=O)N2CCOCC2)N(C)C(=O)[C@H](C2CCCCC2)N(C)C(=O)C2(CCCC2)NC(=O)[C@@H]2CC(F)(F)CN2C(=O)[C@H](CCc2ccc(C(F)(F)F)c(Cl)c2)NC(=O)CN(C)C(=O)[C@H](CC2CCCCC2)N(C)C(=O)CN(C)C(=O)CN(C)C1=O. The van der Waals surface area contributed by atoms with Crippen LogP contribution >= 0.6 is 11.6 Å². The van der Waals surface area contributed by atoms with Crippen molar-refractivity contribution in [3.63, 3.8) is 0 Å². The van der Waals surface area contributed by atoms with Gasteiger partial charge in [-0.15, -0.1) is 0 Å². The summed E-state index contributed by atoms with van der Waals surface area (Å²) in [7, 11) is 9.38.